The summed E-state index contributed by atoms with van der Waals surface area (Å²) in [7, 11) is 0. The number of nitrogens with zero attached hydrogens (tertiary/aromatic N) is 2. The standard InChI is InChI=1S/C17H20N2O5S/c20-15(18-8-4-7-13(18)16(21)22)14-10-25-11-19(14)17(23)24-9-12-5-2-1-3-6-12/h1-3,5-6,13-14H,4,7-11H2,(H,21,22)/t13-,14-/m0/s1. The molecule has 2 aliphatic heterocycles. The Morgan fingerprint density at radius 1 is 1.16 bits per heavy atom. The van der Waals surface area contributed by atoms with Crippen molar-refractivity contribution >= 4 is 29.7 Å². The zero-order valence-corrected chi connectivity index (χ0v) is 14.5. The fourth-order valence-corrected chi connectivity index (χ4v) is 4.24. The molecule has 2 aliphatic rings. The van der Waals surface area contributed by atoms with E-state index in [9.17, 15) is 19.5 Å². The molecule has 0 aliphatic carbocycles. The third-order valence-corrected chi connectivity index (χ3v) is 5.44. The van der Waals surface area contributed by atoms with Gasteiger partial charge in [0, 0.05) is 12.3 Å². The van der Waals surface area contributed by atoms with Crippen molar-refractivity contribution in [1.82, 2.24) is 9.80 Å². The molecule has 1 aromatic rings. The zero-order chi connectivity index (χ0) is 17.8. The van der Waals surface area contributed by atoms with Crippen LogP contribution in [0.25, 0.3) is 0 Å². The van der Waals surface area contributed by atoms with Crippen LogP contribution >= 0.6 is 11.8 Å². The van der Waals surface area contributed by atoms with Gasteiger partial charge in [-0.3, -0.25) is 9.69 Å². The molecular formula is C17H20N2O5S. The number of carbonyl (C=O) groups excluding carboxylic acids is 2. The molecule has 2 saturated heterocycles. The van der Waals surface area contributed by atoms with Crippen LogP contribution in [-0.4, -0.2) is 63.1 Å². The topological polar surface area (TPSA) is 87.2 Å². The first-order valence-corrected chi connectivity index (χ1v) is 9.31. The lowest BCUT2D eigenvalue weighted by Crippen LogP contribution is -2.52. The normalized spacial score (nSPS) is 22.9. The van der Waals surface area contributed by atoms with Gasteiger partial charge in [-0.15, -0.1) is 11.8 Å². The maximum absolute atomic E-state index is 12.8. The van der Waals surface area contributed by atoms with E-state index in [-0.39, 0.29) is 12.5 Å². The number of likely N-dealkylation sites (tertiary alicyclic amines) is 1. The molecule has 0 saturated carbocycles. The van der Waals surface area contributed by atoms with E-state index in [1.807, 2.05) is 30.3 Å². The van der Waals surface area contributed by atoms with Gasteiger partial charge in [-0.2, -0.15) is 0 Å². The molecule has 0 bridgehead atoms. The van der Waals surface area contributed by atoms with Crippen LogP contribution in [-0.2, 0) is 20.9 Å². The number of aliphatic carboxylic acids is 1. The van der Waals surface area contributed by atoms with Gasteiger partial charge in [0.15, 0.2) is 0 Å². The molecule has 25 heavy (non-hydrogen) atoms. The second-order valence-corrected chi connectivity index (χ2v) is 7.05. The van der Waals surface area contributed by atoms with Crippen LogP contribution in [0.15, 0.2) is 30.3 Å². The predicted octanol–water partition coefficient (Wildman–Crippen LogP) is 1.77. The summed E-state index contributed by atoms with van der Waals surface area (Å²) in [6.07, 6.45) is 0.582. The number of carbonyl (C=O) groups is 3. The van der Waals surface area contributed by atoms with Crippen molar-refractivity contribution in [3.05, 3.63) is 35.9 Å². The lowest BCUT2D eigenvalue weighted by Gasteiger charge is -2.28. The lowest BCUT2D eigenvalue weighted by atomic mass is 10.2. The zero-order valence-electron chi connectivity index (χ0n) is 13.7. The van der Waals surface area contributed by atoms with Crippen molar-refractivity contribution in [3.8, 4) is 0 Å². The van der Waals surface area contributed by atoms with E-state index in [1.165, 1.54) is 21.6 Å². The molecule has 0 spiro atoms. The molecule has 7 nitrogen and oxygen atoms in total. The van der Waals surface area contributed by atoms with Crippen LogP contribution in [0.5, 0.6) is 0 Å². The minimum atomic E-state index is -0.991. The summed E-state index contributed by atoms with van der Waals surface area (Å²) in [4.78, 5) is 39.2. The van der Waals surface area contributed by atoms with E-state index < -0.39 is 24.1 Å². The van der Waals surface area contributed by atoms with Crippen molar-refractivity contribution in [2.75, 3.05) is 18.2 Å². The van der Waals surface area contributed by atoms with Crippen molar-refractivity contribution in [2.24, 2.45) is 0 Å². The van der Waals surface area contributed by atoms with Gasteiger partial charge in [-0.25, -0.2) is 9.59 Å². The van der Waals surface area contributed by atoms with Crippen molar-refractivity contribution in [2.45, 2.75) is 31.5 Å². The Morgan fingerprint density at radius 2 is 1.92 bits per heavy atom. The van der Waals surface area contributed by atoms with Crippen molar-refractivity contribution in [3.63, 3.8) is 0 Å². The van der Waals surface area contributed by atoms with Gasteiger partial charge in [0.2, 0.25) is 5.91 Å². The Labute approximate surface area is 149 Å². The highest BCUT2D eigenvalue weighted by molar-refractivity contribution is 7.99. The Balaban J connectivity index is 1.62. The summed E-state index contributed by atoms with van der Waals surface area (Å²) in [6, 6.07) is 7.87. The maximum atomic E-state index is 12.8. The average Bonchev–Trinajstić information content (AvgIpc) is 3.29. The van der Waals surface area contributed by atoms with Crippen LogP contribution < -0.4 is 0 Å². The summed E-state index contributed by atoms with van der Waals surface area (Å²) in [5.41, 5.74) is 0.871. The number of ether oxygens (including phenoxy) is 1. The lowest BCUT2D eigenvalue weighted by molar-refractivity contribution is -0.149. The van der Waals surface area contributed by atoms with Crippen molar-refractivity contribution in [1.29, 1.82) is 0 Å². The smallest absolute Gasteiger partial charge is 0.411 e. The molecule has 3 rings (SSSR count). The SMILES string of the molecule is O=C(O)[C@@H]1CCCN1C(=O)[C@@H]1CSCN1C(=O)OCc1ccccc1. The molecule has 2 heterocycles. The van der Waals surface area contributed by atoms with Crippen LogP contribution in [0.2, 0.25) is 0 Å². The first-order chi connectivity index (χ1) is 12.1. The highest BCUT2D eigenvalue weighted by Gasteiger charge is 2.42. The maximum Gasteiger partial charge on any atom is 0.411 e. The summed E-state index contributed by atoms with van der Waals surface area (Å²) < 4.78 is 5.32. The van der Waals surface area contributed by atoms with Gasteiger partial charge >= 0.3 is 12.1 Å². The number of carboxylic acids is 1. The monoisotopic (exact) mass is 364 g/mol. The minimum Gasteiger partial charge on any atom is -0.480 e. The average molecular weight is 364 g/mol. The molecule has 134 valence electrons. The molecule has 2 amide bonds. The van der Waals surface area contributed by atoms with Gasteiger partial charge in [0.05, 0.1) is 5.88 Å². The Kier molecular flexibility index (Phi) is 5.47. The quantitative estimate of drug-likeness (QED) is 0.876. The van der Waals surface area contributed by atoms with E-state index >= 15 is 0 Å². The molecule has 0 radical (unpaired) electrons. The first kappa shape index (κ1) is 17.6. The molecule has 2 atom stereocenters. The second kappa shape index (κ2) is 7.77. The second-order valence-electron chi connectivity index (χ2n) is 6.05. The van der Waals surface area contributed by atoms with Crippen molar-refractivity contribution < 1.29 is 24.2 Å². The molecule has 1 aromatic carbocycles. The molecule has 0 unspecified atom stereocenters. The van der Waals surface area contributed by atoms with Crippen LogP contribution in [0, 0.1) is 0 Å². The Bertz CT molecular complexity index is 654. The van der Waals surface area contributed by atoms with E-state index in [2.05, 4.69) is 0 Å². The van der Waals surface area contributed by atoms with E-state index in [4.69, 9.17) is 4.74 Å². The molecule has 8 heteroatoms. The highest BCUT2D eigenvalue weighted by atomic mass is 32.2. The Morgan fingerprint density at radius 3 is 2.64 bits per heavy atom. The number of hydrogen-bond donors (Lipinski definition) is 1. The molecule has 0 aromatic heterocycles. The first-order valence-electron chi connectivity index (χ1n) is 8.16. The third-order valence-electron chi connectivity index (χ3n) is 4.43. The van der Waals surface area contributed by atoms with Gasteiger partial charge < -0.3 is 14.7 Å². The molecular weight excluding hydrogens is 344 g/mol. The van der Waals surface area contributed by atoms with E-state index in [1.54, 1.807) is 0 Å². The molecule has 2 fully saturated rings. The number of rotatable bonds is 4. The predicted molar refractivity (Wildman–Crippen MR) is 91.9 cm³/mol. The largest absolute Gasteiger partial charge is 0.480 e. The third kappa shape index (κ3) is 3.89. The number of benzene rings is 1. The minimum absolute atomic E-state index is 0.142. The summed E-state index contributed by atoms with van der Waals surface area (Å²) in [5.74, 6) is -0.459. The number of hydrogen-bond acceptors (Lipinski definition) is 5. The van der Waals surface area contributed by atoms with Gasteiger partial charge in [0.25, 0.3) is 0 Å². The van der Waals surface area contributed by atoms with E-state index in [0.29, 0.717) is 31.0 Å². The van der Waals surface area contributed by atoms with Crippen LogP contribution in [0.4, 0.5) is 4.79 Å². The van der Waals surface area contributed by atoms with Crippen LogP contribution in [0.1, 0.15) is 18.4 Å². The summed E-state index contributed by atoms with van der Waals surface area (Å²) >= 11 is 1.47. The summed E-state index contributed by atoms with van der Waals surface area (Å²) in [5, 5.41) is 9.26. The van der Waals surface area contributed by atoms with Gasteiger partial charge in [-0.05, 0) is 18.4 Å². The summed E-state index contributed by atoms with van der Waals surface area (Å²) in [6.45, 7) is 0.563. The van der Waals surface area contributed by atoms with Gasteiger partial charge in [-0.1, -0.05) is 30.3 Å². The molecule has 1 N–H and O–H groups in total. The number of amides is 2. The Hall–Kier alpha value is -2.22. The fourth-order valence-electron chi connectivity index (χ4n) is 3.11. The number of carboxylic acid groups (broad SMARTS) is 1. The van der Waals surface area contributed by atoms with Gasteiger partial charge in [0.1, 0.15) is 18.7 Å². The van der Waals surface area contributed by atoms with Crippen LogP contribution in [0.3, 0.4) is 0 Å². The highest BCUT2D eigenvalue weighted by Crippen LogP contribution is 2.27. The van der Waals surface area contributed by atoms with E-state index in [0.717, 1.165) is 5.56 Å². The fraction of sp³-hybridized carbons (Fsp3) is 0.471. The number of thioether (sulfide) groups is 1.